The molecule has 2 heterocycles. The van der Waals surface area contributed by atoms with Gasteiger partial charge in [0.25, 0.3) is 0 Å². The Morgan fingerprint density at radius 2 is 2.25 bits per heavy atom. The van der Waals surface area contributed by atoms with Gasteiger partial charge >= 0.3 is 17.9 Å². The summed E-state index contributed by atoms with van der Waals surface area (Å²) in [5.41, 5.74) is 0.219. The molecule has 1 amide bonds. The van der Waals surface area contributed by atoms with Crippen LogP contribution in [0.1, 0.15) is 17.5 Å². The minimum Gasteiger partial charge on any atom is -0.442 e. The number of esters is 1. The number of hydrogen-bond acceptors (Lipinski definition) is 6. The van der Waals surface area contributed by atoms with E-state index in [1.54, 1.807) is 0 Å². The topological polar surface area (TPSA) is 112 Å². The maximum atomic E-state index is 11.8. The van der Waals surface area contributed by atoms with Crippen LogP contribution in [-0.4, -0.2) is 28.6 Å². The standard InChI is InChI=1S/C11H7BrN2O6/c1-5-4-7(9(14(17)18)10(15)13-5)20-11(16)6-2-3-8(12)19-6/h2-4,9H,1H3. The summed E-state index contributed by atoms with van der Waals surface area (Å²) in [4.78, 5) is 36.7. The van der Waals surface area contributed by atoms with Crippen molar-refractivity contribution in [3.63, 3.8) is 0 Å². The Hall–Kier alpha value is -2.29. The molecule has 8 nitrogen and oxygen atoms in total. The van der Waals surface area contributed by atoms with Crippen molar-refractivity contribution >= 4 is 33.5 Å². The highest BCUT2D eigenvalue weighted by Gasteiger charge is 2.40. The fraction of sp³-hybridized carbons (Fsp3) is 0.182. The highest BCUT2D eigenvalue weighted by atomic mass is 79.9. The number of ether oxygens (including phenoxy) is 1. The molecule has 1 unspecified atom stereocenters. The zero-order chi connectivity index (χ0) is 14.9. The first-order chi connectivity index (χ1) is 9.38. The molecule has 1 aromatic heterocycles. The number of rotatable bonds is 3. The van der Waals surface area contributed by atoms with E-state index >= 15 is 0 Å². The van der Waals surface area contributed by atoms with Crippen LogP contribution in [0.25, 0.3) is 0 Å². The average molecular weight is 343 g/mol. The molecule has 0 aliphatic carbocycles. The van der Waals surface area contributed by atoms with Crippen LogP contribution >= 0.6 is 15.9 Å². The molecular formula is C11H7BrN2O6. The lowest BCUT2D eigenvalue weighted by molar-refractivity contribution is -0.501. The Labute approximate surface area is 120 Å². The number of furan rings is 1. The second-order valence-electron chi connectivity index (χ2n) is 3.82. The molecule has 1 aliphatic rings. The summed E-state index contributed by atoms with van der Waals surface area (Å²) in [5, 5.41) is 10.9. The first kappa shape index (κ1) is 14.1. The van der Waals surface area contributed by atoms with Gasteiger partial charge in [-0.05, 0) is 35.0 Å². The van der Waals surface area contributed by atoms with E-state index in [4.69, 9.17) is 9.15 Å². The second kappa shape index (κ2) is 5.37. The molecule has 1 aliphatic heterocycles. The van der Waals surface area contributed by atoms with Gasteiger partial charge in [-0.1, -0.05) is 0 Å². The van der Waals surface area contributed by atoms with Crippen molar-refractivity contribution in [1.29, 1.82) is 0 Å². The molecule has 0 aromatic carbocycles. The summed E-state index contributed by atoms with van der Waals surface area (Å²) in [5.74, 6) is -2.45. The normalized spacial score (nSPS) is 18.3. The van der Waals surface area contributed by atoms with Crippen LogP contribution in [-0.2, 0) is 9.53 Å². The predicted molar refractivity (Wildman–Crippen MR) is 68.8 cm³/mol. The molecule has 9 heteroatoms. The fourth-order valence-electron chi connectivity index (χ4n) is 1.53. The third-order valence-corrected chi connectivity index (χ3v) is 2.76. The molecular weight excluding hydrogens is 336 g/mol. The molecule has 1 aromatic rings. The minimum absolute atomic E-state index is 0.146. The van der Waals surface area contributed by atoms with Gasteiger partial charge in [0.15, 0.2) is 10.4 Å². The van der Waals surface area contributed by atoms with Crippen LogP contribution in [0, 0.1) is 10.1 Å². The Bertz CT molecular complexity index is 660. The van der Waals surface area contributed by atoms with Crippen LogP contribution < -0.4 is 0 Å². The number of halogens is 1. The van der Waals surface area contributed by atoms with Crippen molar-refractivity contribution in [2.45, 2.75) is 13.0 Å². The van der Waals surface area contributed by atoms with Gasteiger partial charge in [0.05, 0.1) is 0 Å². The number of amides is 1. The number of allylic oxidation sites excluding steroid dienone is 1. The van der Waals surface area contributed by atoms with E-state index in [2.05, 4.69) is 20.9 Å². The van der Waals surface area contributed by atoms with E-state index in [1.807, 2.05) is 0 Å². The van der Waals surface area contributed by atoms with Crippen LogP contribution in [0.5, 0.6) is 0 Å². The number of nitrogens with zero attached hydrogens (tertiary/aromatic N) is 2. The highest BCUT2D eigenvalue weighted by molar-refractivity contribution is 9.10. The van der Waals surface area contributed by atoms with Crippen molar-refractivity contribution in [2.24, 2.45) is 4.99 Å². The van der Waals surface area contributed by atoms with Gasteiger partial charge in [0.2, 0.25) is 5.76 Å². The summed E-state index contributed by atoms with van der Waals surface area (Å²) in [6.45, 7) is 1.46. The summed E-state index contributed by atoms with van der Waals surface area (Å²) in [6.07, 6.45) is 1.17. The molecule has 0 radical (unpaired) electrons. The Balaban J connectivity index is 2.25. The first-order valence-corrected chi connectivity index (χ1v) is 6.09. The molecule has 0 bridgehead atoms. The first-order valence-electron chi connectivity index (χ1n) is 5.30. The number of carbonyl (C=O) groups is 2. The fourth-order valence-corrected chi connectivity index (χ4v) is 1.84. The number of carbonyl (C=O) groups excluding carboxylic acids is 2. The van der Waals surface area contributed by atoms with E-state index in [1.165, 1.54) is 25.1 Å². The molecule has 0 fully saturated rings. The molecule has 0 spiro atoms. The van der Waals surface area contributed by atoms with Crippen LogP contribution in [0.3, 0.4) is 0 Å². The quantitative estimate of drug-likeness (QED) is 0.469. The lowest BCUT2D eigenvalue weighted by atomic mass is 10.1. The van der Waals surface area contributed by atoms with E-state index in [0.717, 1.165) is 0 Å². The van der Waals surface area contributed by atoms with Gasteiger partial charge in [-0.15, -0.1) is 0 Å². The maximum Gasteiger partial charge on any atom is 0.379 e. The molecule has 0 N–H and O–H groups in total. The second-order valence-corrected chi connectivity index (χ2v) is 4.60. The third kappa shape index (κ3) is 2.82. The van der Waals surface area contributed by atoms with Crippen molar-refractivity contribution in [3.8, 4) is 0 Å². The van der Waals surface area contributed by atoms with Gasteiger partial charge in [-0.3, -0.25) is 14.9 Å². The number of dihydropyridines is 1. The number of hydrogen-bond donors (Lipinski definition) is 0. The van der Waals surface area contributed by atoms with Crippen LogP contribution in [0.4, 0.5) is 0 Å². The van der Waals surface area contributed by atoms with Gasteiger partial charge in [0.1, 0.15) is 0 Å². The van der Waals surface area contributed by atoms with E-state index in [9.17, 15) is 19.7 Å². The summed E-state index contributed by atoms with van der Waals surface area (Å²) < 4.78 is 10.1. The number of aliphatic imine (C=N–C) groups is 1. The van der Waals surface area contributed by atoms with E-state index in [-0.39, 0.29) is 17.2 Å². The Morgan fingerprint density at radius 1 is 1.55 bits per heavy atom. The Morgan fingerprint density at radius 3 is 2.80 bits per heavy atom. The van der Waals surface area contributed by atoms with E-state index in [0.29, 0.717) is 4.67 Å². The molecule has 104 valence electrons. The summed E-state index contributed by atoms with van der Waals surface area (Å²) >= 11 is 3.01. The maximum absolute atomic E-state index is 11.8. The zero-order valence-electron chi connectivity index (χ0n) is 10.0. The van der Waals surface area contributed by atoms with E-state index < -0.39 is 22.8 Å². The largest absolute Gasteiger partial charge is 0.442 e. The van der Waals surface area contributed by atoms with Crippen LogP contribution in [0.2, 0.25) is 0 Å². The zero-order valence-corrected chi connectivity index (χ0v) is 11.6. The highest BCUT2D eigenvalue weighted by Crippen LogP contribution is 2.20. The van der Waals surface area contributed by atoms with Crippen LogP contribution in [0.15, 0.2) is 38.0 Å². The molecule has 2 rings (SSSR count). The van der Waals surface area contributed by atoms with Crippen molar-refractivity contribution < 1.29 is 23.7 Å². The summed E-state index contributed by atoms with van der Waals surface area (Å²) in [7, 11) is 0. The van der Waals surface area contributed by atoms with Crippen molar-refractivity contribution in [3.05, 3.63) is 44.5 Å². The monoisotopic (exact) mass is 342 g/mol. The van der Waals surface area contributed by atoms with Gasteiger partial charge < -0.3 is 9.15 Å². The van der Waals surface area contributed by atoms with Gasteiger partial charge in [0, 0.05) is 16.7 Å². The van der Waals surface area contributed by atoms with Gasteiger partial charge in [-0.25, -0.2) is 9.79 Å². The van der Waals surface area contributed by atoms with Crippen molar-refractivity contribution in [1.82, 2.24) is 0 Å². The van der Waals surface area contributed by atoms with Gasteiger partial charge in [-0.2, -0.15) is 0 Å². The lowest BCUT2D eigenvalue weighted by Crippen LogP contribution is -2.35. The molecule has 20 heavy (non-hydrogen) atoms. The molecule has 0 saturated heterocycles. The lowest BCUT2D eigenvalue weighted by Gasteiger charge is -2.13. The third-order valence-electron chi connectivity index (χ3n) is 2.34. The molecule has 0 saturated carbocycles. The Kier molecular flexibility index (Phi) is 3.79. The predicted octanol–water partition coefficient (Wildman–Crippen LogP) is 1.73. The smallest absolute Gasteiger partial charge is 0.379 e. The SMILES string of the molecule is CC1=NC(=O)C([N+](=O)[O-])C(OC(=O)c2ccc(Br)o2)=C1. The van der Waals surface area contributed by atoms with Crippen molar-refractivity contribution in [2.75, 3.05) is 0 Å². The minimum atomic E-state index is -1.82. The molecule has 1 atom stereocenters. The summed E-state index contributed by atoms with van der Waals surface area (Å²) in [6, 6.07) is 0.982. The average Bonchev–Trinajstić information content (AvgIpc) is 2.74. The number of nitro groups is 1.